The number of hydrogen-bond acceptors (Lipinski definition) is 6. The Morgan fingerprint density at radius 1 is 0.865 bits per heavy atom. The van der Waals surface area contributed by atoms with Gasteiger partial charge in [-0.05, 0) is 54.3 Å². The molecule has 1 fully saturated rings. The van der Waals surface area contributed by atoms with E-state index < -0.39 is 5.25 Å². The van der Waals surface area contributed by atoms with Crippen LogP contribution in [0, 0.1) is 5.92 Å². The summed E-state index contributed by atoms with van der Waals surface area (Å²) in [5.41, 5.74) is 2.02. The second-order valence-corrected chi connectivity index (χ2v) is 10.3. The lowest BCUT2D eigenvalue weighted by molar-refractivity contribution is -0.126. The molecule has 6 heteroatoms. The first kappa shape index (κ1) is 26.8. The average molecular weight is 521 g/mol. The standard InChI is InChI=1S/C31H34O5S.H2/c1-3-9-23-12-17-27(36-26-10-6-5-7-11-26)21-28(23)35-19-8-18-34-25-15-13-24(14-16-25)31-30(33)22(4-2)20-29(32)37-31;/h5-7,10-17,21-22,31H,3-4,8-9,18-20H2,1-2H3;1H. The topological polar surface area (TPSA) is 61.8 Å². The highest BCUT2D eigenvalue weighted by Gasteiger charge is 2.36. The number of carbonyl (C=O) groups excluding carboxylic acids is 2. The minimum atomic E-state index is -0.410. The predicted molar refractivity (Wildman–Crippen MR) is 150 cm³/mol. The van der Waals surface area contributed by atoms with Gasteiger partial charge in [0.15, 0.2) is 10.9 Å². The van der Waals surface area contributed by atoms with E-state index in [2.05, 4.69) is 13.0 Å². The summed E-state index contributed by atoms with van der Waals surface area (Å²) < 4.78 is 18.0. The van der Waals surface area contributed by atoms with E-state index in [1.807, 2.05) is 73.7 Å². The van der Waals surface area contributed by atoms with Gasteiger partial charge in [-0.15, -0.1) is 0 Å². The van der Waals surface area contributed by atoms with Crippen molar-refractivity contribution in [3.63, 3.8) is 0 Å². The fourth-order valence-corrected chi connectivity index (χ4v) is 5.50. The maximum Gasteiger partial charge on any atom is 0.190 e. The van der Waals surface area contributed by atoms with Crippen LogP contribution in [-0.2, 0) is 16.0 Å². The Hall–Kier alpha value is -3.25. The van der Waals surface area contributed by atoms with Crippen LogP contribution in [0.15, 0.2) is 72.8 Å². The fourth-order valence-electron chi connectivity index (χ4n) is 4.33. The lowest BCUT2D eigenvalue weighted by Crippen LogP contribution is -2.27. The number of benzene rings is 3. The van der Waals surface area contributed by atoms with E-state index in [0.29, 0.717) is 26.1 Å². The number of ether oxygens (including phenoxy) is 3. The van der Waals surface area contributed by atoms with Crippen molar-refractivity contribution >= 4 is 22.7 Å². The van der Waals surface area contributed by atoms with E-state index in [-0.39, 0.29) is 18.2 Å². The molecule has 0 bridgehead atoms. The molecule has 2 unspecified atom stereocenters. The van der Waals surface area contributed by atoms with Crippen LogP contribution in [0.4, 0.5) is 0 Å². The third-order valence-electron chi connectivity index (χ3n) is 6.35. The van der Waals surface area contributed by atoms with Crippen molar-refractivity contribution in [2.24, 2.45) is 5.92 Å². The summed E-state index contributed by atoms with van der Waals surface area (Å²) in [6, 6.07) is 23.2. The van der Waals surface area contributed by atoms with Crippen LogP contribution in [0.3, 0.4) is 0 Å². The fraction of sp³-hybridized carbons (Fsp3) is 0.355. The van der Waals surface area contributed by atoms with Crippen LogP contribution < -0.4 is 14.2 Å². The summed E-state index contributed by atoms with van der Waals surface area (Å²) in [6.07, 6.45) is 3.75. The van der Waals surface area contributed by atoms with Crippen molar-refractivity contribution in [2.45, 2.75) is 51.2 Å². The van der Waals surface area contributed by atoms with E-state index >= 15 is 0 Å². The molecule has 1 heterocycles. The molecule has 1 aliphatic heterocycles. The Bertz CT molecular complexity index is 1180. The quantitative estimate of drug-likeness (QED) is 0.227. The van der Waals surface area contributed by atoms with Gasteiger partial charge in [0.1, 0.15) is 23.0 Å². The largest absolute Gasteiger partial charge is 0.493 e. The molecule has 37 heavy (non-hydrogen) atoms. The lowest BCUT2D eigenvalue weighted by atomic mass is 9.92. The first-order chi connectivity index (χ1) is 18.1. The van der Waals surface area contributed by atoms with E-state index in [4.69, 9.17) is 14.2 Å². The third kappa shape index (κ3) is 7.39. The molecule has 2 atom stereocenters. The highest BCUT2D eigenvalue weighted by Crippen LogP contribution is 2.40. The maximum absolute atomic E-state index is 12.7. The highest BCUT2D eigenvalue weighted by molar-refractivity contribution is 8.14. The van der Waals surface area contributed by atoms with Gasteiger partial charge in [-0.3, -0.25) is 9.59 Å². The van der Waals surface area contributed by atoms with Crippen molar-refractivity contribution in [3.8, 4) is 23.0 Å². The molecular formula is C31H36O5S. The SMILES string of the molecule is CCCc1ccc(Oc2ccccc2)cc1OCCCOc1ccc(C2SC(=O)CC(CC)C2=O)cc1.[HH]. The molecule has 196 valence electrons. The Balaban J connectivity index is 0.00000400. The van der Waals surface area contributed by atoms with Crippen molar-refractivity contribution in [1.29, 1.82) is 0 Å². The number of para-hydroxylation sites is 1. The molecular weight excluding hydrogens is 484 g/mol. The van der Waals surface area contributed by atoms with Crippen LogP contribution in [0.25, 0.3) is 0 Å². The van der Waals surface area contributed by atoms with Crippen molar-refractivity contribution in [2.75, 3.05) is 13.2 Å². The minimum Gasteiger partial charge on any atom is -0.493 e. The molecule has 0 saturated carbocycles. The van der Waals surface area contributed by atoms with Crippen LogP contribution >= 0.6 is 11.8 Å². The van der Waals surface area contributed by atoms with Gasteiger partial charge in [-0.1, -0.05) is 68.4 Å². The van der Waals surface area contributed by atoms with Gasteiger partial charge >= 0.3 is 0 Å². The molecule has 4 rings (SSSR count). The molecule has 5 nitrogen and oxygen atoms in total. The number of hydrogen-bond donors (Lipinski definition) is 0. The van der Waals surface area contributed by atoms with Crippen LogP contribution in [0.2, 0.25) is 0 Å². The number of Topliss-reactive ketones (excluding diaryl/α,β-unsaturated/α-hetero) is 1. The number of thioether (sulfide) groups is 1. The molecule has 3 aromatic rings. The van der Waals surface area contributed by atoms with Crippen molar-refractivity contribution in [3.05, 3.63) is 83.9 Å². The molecule has 0 aromatic heterocycles. The van der Waals surface area contributed by atoms with Gasteiger partial charge in [-0.25, -0.2) is 0 Å². The first-order valence-electron chi connectivity index (χ1n) is 13.0. The van der Waals surface area contributed by atoms with Crippen molar-refractivity contribution in [1.82, 2.24) is 0 Å². The smallest absolute Gasteiger partial charge is 0.190 e. The van der Waals surface area contributed by atoms with Crippen LogP contribution in [-0.4, -0.2) is 24.1 Å². The molecule has 0 N–H and O–H groups in total. The first-order valence-corrected chi connectivity index (χ1v) is 13.9. The summed E-state index contributed by atoms with van der Waals surface area (Å²) in [5, 5.41) is -0.316. The van der Waals surface area contributed by atoms with Gasteiger partial charge in [-0.2, -0.15) is 0 Å². The van der Waals surface area contributed by atoms with E-state index in [9.17, 15) is 9.59 Å². The second-order valence-electron chi connectivity index (χ2n) is 9.14. The van der Waals surface area contributed by atoms with Gasteiger partial charge in [0.05, 0.1) is 18.5 Å². The Morgan fingerprint density at radius 3 is 2.32 bits per heavy atom. The monoisotopic (exact) mass is 520 g/mol. The summed E-state index contributed by atoms with van der Waals surface area (Å²) in [6.45, 7) is 5.15. The molecule has 0 spiro atoms. The third-order valence-corrected chi connectivity index (χ3v) is 7.52. The van der Waals surface area contributed by atoms with E-state index in [1.165, 1.54) is 5.56 Å². The molecule has 0 aliphatic carbocycles. The summed E-state index contributed by atoms with van der Waals surface area (Å²) in [4.78, 5) is 24.8. The van der Waals surface area contributed by atoms with Gasteiger partial charge in [0, 0.05) is 26.3 Å². The van der Waals surface area contributed by atoms with Crippen LogP contribution in [0.5, 0.6) is 23.0 Å². The van der Waals surface area contributed by atoms with Gasteiger partial charge in [0.25, 0.3) is 0 Å². The summed E-state index contributed by atoms with van der Waals surface area (Å²) in [7, 11) is 0. The lowest BCUT2D eigenvalue weighted by Gasteiger charge is -2.25. The normalized spacial score (nSPS) is 17.5. The molecule has 0 radical (unpaired) electrons. The van der Waals surface area contributed by atoms with E-state index in [0.717, 1.165) is 59.6 Å². The minimum absolute atomic E-state index is 0. The molecule has 1 saturated heterocycles. The molecule has 3 aromatic carbocycles. The average Bonchev–Trinajstić information content (AvgIpc) is 2.92. The second kappa shape index (κ2) is 13.3. The maximum atomic E-state index is 12.7. The highest BCUT2D eigenvalue weighted by atomic mass is 32.2. The Kier molecular flexibility index (Phi) is 9.66. The number of rotatable bonds is 12. The Morgan fingerprint density at radius 2 is 1.59 bits per heavy atom. The van der Waals surface area contributed by atoms with Crippen LogP contribution in [0.1, 0.15) is 57.3 Å². The summed E-state index contributed by atoms with van der Waals surface area (Å²) in [5.74, 6) is 3.10. The molecule has 1 aliphatic rings. The van der Waals surface area contributed by atoms with E-state index in [1.54, 1.807) is 0 Å². The zero-order valence-electron chi connectivity index (χ0n) is 21.5. The summed E-state index contributed by atoms with van der Waals surface area (Å²) >= 11 is 1.15. The predicted octanol–water partition coefficient (Wildman–Crippen LogP) is 7.83. The van der Waals surface area contributed by atoms with Gasteiger partial charge < -0.3 is 14.2 Å². The van der Waals surface area contributed by atoms with Gasteiger partial charge in [0.2, 0.25) is 0 Å². The zero-order valence-corrected chi connectivity index (χ0v) is 22.3. The van der Waals surface area contributed by atoms with Crippen molar-refractivity contribution < 1.29 is 25.2 Å². The number of ketones is 1. The number of carbonyl (C=O) groups is 2. The number of aryl methyl sites for hydroxylation is 1. The molecule has 0 amide bonds. The Labute approximate surface area is 225 Å². The zero-order chi connectivity index (χ0) is 26.0.